The van der Waals surface area contributed by atoms with E-state index in [4.69, 9.17) is 10.00 Å². The van der Waals surface area contributed by atoms with Crippen LogP contribution >= 0.6 is 0 Å². The summed E-state index contributed by atoms with van der Waals surface area (Å²) >= 11 is 0. The van der Waals surface area contributed by atoms with Crippen molar-refractivity contribution in [1.29, 1.82) is 5.26 Å². The molecule has 0 aliphatic heterocycles. The van der Waals surface area contributed by atoms with E-state index >= 15 is 0 Å². The van der Waals surface area contributed by atoms with E-state index in [9.17, 15) is 4.79 Å². The topological polar surface area (TPSA) is 50.1 Å². The Kier molecular flexibility index (Phi) is 3.69. The van der Waals surface area contributed by atoms with Crippen molar-refractivity contribution in [1.82, 2.24) is 0 Å². The molecule has 0 aliphatic rings. The van der Waals surface area contributed by atoms with Crippen LogP contribution in [0.5, 0.6) is 5.75 Å². The van der Waals surface area contributed by atoms with E-state index in [-0.39, 0.29) is 12.4 Å². The van der Waals surface area contributed by atoms with Crippen molar-refractivity contribution in [2.75, 3.05) is 6.61 Å². The Morgan fingerprint density at radius 3 is 2.86 bits per heavy atom. The maximum absolute atomic E-state index is 11.0. The first-order valence-corrected chi connectivity index (χ1v) is 4.41. The average molecular weight is 189 g/mol. The minimum Gasteiger partial charge on any atom is -0.484 e. The number of ether oxygens (including phenoxy) is 1. The van der Waals surface area contributed by atoms with E-state index in [0.29, 0.717) is 17.7 Å². The fourth-order valence-corrected chi connectivity index (χ4v) is 0.945. The van der Waals surface area contributed by atoms with Crippen molar-refractivity contribution >= 4 is 5.78 Å². The highest BCUT2D eigenvalue weighted by Gasteiger charge is 2.03. The van der Waals surface area contributed by atoms with E-state index in [0.717, 1.165) is 0 Å². The number of nitriles is 1. The molecule has 0 heterocycles. The number of para-hydroxylation sites is 1. The SMILES string of the molecule is CCC(=O)COc1ccccc1C#N. The lowest BCUT2D eigenvalue weighted by Crippen LogP contribution is -2.10. The molecule has 0 bridgehead atoms. The van der Waals surface area contributed by atoms with Gasteiger partial charge >= 0.3 is 0 Å². The zero-order chi connectivity index (χ0) is 10.4. The predicted octanol–water partition coefficient (Wildman–Crippen LogP) is 1.92. The third-order valence-electron chi connectivity index (χ3n) is 1.79. The van der Waals surface area contributed by atoms with Gasteiger partial charge in [-0.2, -0.15) is 5.26 Å². The molecule has 1 rings (SSSR count). The fraction of sp³-hybridized carbons (Fsp3) is 0.273. The largest absolute Gasteiger partial charge is 0.484 e. The first-order valence-electron chi connectivity index (χ1n) is 4.41. The van der Waals surface area contributed by atoms with Crippen LogP contribution in [0.1, 0.15) is 18.9 Å². The Balaban J connectivity index is 2.68. The second-order valence-corrected chi connectivity index (χ2v) is 2.79. The minimum absolute atomic E-state index is 0.0257. The van der Waals surface area contributed by atoms with Crippen LogP contribution in [0.3, 0.4) is 0 Å². The van der Waals surface area contributed by atoms with Gasteiger partial charge < -0.3 is 4.74 Å². The monoisotopic (exact) mass is 189 g/mol. The Labute approximate surface area is 82.9 Å². The van der Waals surface area contributed by atoms with E-state index in [1.807, 2.05) is 6.07 Å². The number of nitrogens with zero attached hydrogens (tertiary/aromatic N) is 1. The fourth-order valence-electron chi connectivity index (χ4n) is 0.945. The minimum atomic E-state index is 0.0257. The summed E-state index contributed by atoms with van der Waals surface area (Å²) in [7, 11) is 0. The Morgan fingerprint density at radius 1 is 1.50 bits per heavy atom. The van der Waals surface area contributed by atoms with Crippen LogP contribution in [0.15, 0.2) is 24.3 Å². The Hall–Kier alpha value is -1.82. The molecule has 0 amide bonds. The molecule has 72 valence electrons. The maximum atomic E-state index is 11.0. The van der Waals surface area contributed by atoms with Crippen molar-refractivity contribution in [2.24, 2.45) is 0 Å². The van der Waals surface area contributed by atoms with Crippen LogP contribution in [0, 0.1) is 11.3 Å². The van der Waals surface area contributed by atoms with Gasteiger partial charge in [0.1, 0.15) is 18.4 Å². The van der Waals surface area contributed by atoms with Crippen molar-refractivity contribution in [2.45, 2.75) is 13.3 Å². The molecule has 0 radical (unpaired) electrons. The van der Waals surface area contributed by atoms with Crippen LogP contribution in [-0.2, 0) is 4.79 Å². The van der Waals surface area contributed by atoms with Gasteiger partial charge in [-0.25, -0.2) is 0 Å². The number of carbonyl (C=O) groups is 1. The van der Waals surface area contributed by atoms with Crippen molar-refractivity contribution in [3.8, 4) is 11.8 Å². The van der Waals surface area contributed by atoms with Gasteiger partial charge in [0.05, 0.1) is 5.56 Å². The first-order chi connectivity index (χ1) is 6.77. The second-order valence-electron chi connectivity index (χ2n) is 2.79. The summed E-state index contributed by atoms with van der Waals surface area (Å²) in [6.45, 7) is 1.82. The van der Waals surface area contributed by atoms with E-state index in [2.05, 4.69) is 0 Å². The molecular weight excluding hydrogens is 178 g/mol. The lowest BCUT2D eigenvalue weighted by Gasteiger charge is -2.05. The van der Waals surface area contributed by atoms with Crippen LogP contribution in [0.4, 0.5) is 0 Å². The summed E-state index contributed by atoms with van der Waals surface area (Å²) in [5.41, 5.74) is 0.455. The summed E-state index contributed by atoms with van der Waals surface area (Å²) in [5, 5.41) is 8.73. The van der Waals surface area contributed by atoms with Crippen molar-refractivity contribution in [3.05, 3.63) is 29.8 Å². The molecule has 0 N–H and O–H groups in total. The zero-order valence-electron chi connectivity index (χ0n) is 7.99. The van der Waals surface area contributed by atoms with Gasteiger partial charge in [0, 0.05) is 6.42 Å². The quantitative estimate of drug-likeness (QED) is 0.727. The van der Waals surface area contributed by atoms with Crippen molar-refractivity contribution in [3.63, 3.8) is 0 Å². The molecule has 1 aromatic rings. The highest BCUT2D eigenvalue weighted by atomic mass is 16.5. The predicted molar refractivity (Wildman–Crippen MR) is 52.0 cm³/mol. The lowest BCUT2D eigenvalue weighted by atomic mass is 10.2. The molecule has 0 aromatic heterocycles. The highest BCUT2D eigenvalue weighted by molar-refractivity contribution is 5.79. The van der Waals surface area contributed by atoms with Gasteiger partial charge in [-0.15, -0.1) is 0 Å². The summed E-state index contributed by atoms with van der Waals surface area (Å²) in [5.74, 6) is 0.495. The summed E-state index contributed by atoms with van der Waals surface area (Å²) in [6.07, 6.45) is 0.453. The second kappa shape index (κ2) is 5.03. The maximum Gasteiger partial charge on any atom is 0.169 e. The van der Waals surface area contributed by atoms with Crippen LogP contribution in [0.2, 0.25) is 0 Å². The molecule has 0 fully saturated rings. The number of carbonyl (C=O) groups excluding carboxylic acids is 1. The van der Waals surface area contributed by atoms with Gasteiger partial charge in [-0.1, -0.05) is 19.1 Å². The number of ketones is 1. The third kappa shape index (κ3) is 2.60. The van der Waals surface area contributed by atoms with Gasteiger partial charge in [0.25, 0.3) is 0 Å². The molecule has 0 aliphatic carbocycles. The smallest absolute Gasteiger partial charge is 0.169 e. The molecule has 0 unspecified atom stereocenters. The van der Waals surface area contributed by atoms with Crippen LogP contribution < -0.4 is 4.74 Å². The molecule has 0 atom stereocenters. The molecule has 14 heavy (non-hydrogen) atoms. The number of benzene rings is 1. The van der Waals surface area contributed by atoms with Crippen LogP contribution in [0.25, 0.3) is 0 Å². The molecule has 3 nitrogen and oxygen atoms in total. The molecular formula is C11H11NO2. The summed E-state index contributed by atoms with van der Waals surface area (Å²) in [4.78, 5) is 11.0. The van der Waals surface area contributed by atoms with E-state index in [1.165, 1.54) is 0 Å². The molecule has 1 aromatic carbocycles. The van der Waals surface area contributed by atoms with Gasteiger partial charge in [-0.3, -0.25) is 4.79 Å². The van der Waals surface area contributed by atoms with E-state index in [1.54, 1.807) is 31.2 Å². The standard InChI is InChI=1S/C11H11NO2/c1-2-10(13)8-14-11-6-4-3-5-9(11)7-12/h3-6H,2,8H2,1H3. The first kappa shape index (κ1) is 10.3. The van der Waals surface area contributed by atoms with Gasteiger partial charge in [0.15, 0.2) is 5.78 Å². The zero-order valence-corrected chi connectivity index (χ0v) is 7.99. The third-order valence-corrected chi connectivity index (χ3v) is 1.79. The van der Waals surface area contributed by atoms with Gasteiger partial charge in [-0.05, 0) is 12.1 Å². The number of rotatable bonds is 4. The van der Waals surface area contributed by atoms with Gasteiger partial charge in [0.2, 0.25) is 0 Å². The van der Waals surface area contributed by atoms with Crippen molar-refractivity contribution < 1.29 is 9.53 Å². The normalized spacial score (nSPS) is 9.14. The van der Waals surface area contributed by atoms with Crippen LogP contribution in [-0.4, -0.2) is 12.4 Å². The highest BCUT2D eigenvalue weighted by Crippen LogP contribution is 2.16. The number of hydrogen-bond donors (Lipinski definition) is 0. The summed E-state index contributed by atoms with van der Waals surface area (Å²) in [6, 6.07) is 8.87. The molecule has 0 spiro atoms. The van der Waals surface area contributed by atoms with E-state index < -0.39 is 0 Å². The summed E-state index contributed by atoms with van der Waals surface area (Å²) < 4.78 is 5.21. The Bertz CT molecular complexity index is 366. The molecule has 0 saturated heterocycles. The molecule has 0 saturated carbocycles. The Morgan fingerprint density at radius 2 is 2.21 bits per heavy atom. The number of Topliss-reactive ketones (excluding diaryl/α,β-unsaturated/α-hetero) is 1. The average Bonchev–Trinajstić information content (AvgIpc) is 2.26. The number of hydrogen-bond acceptors (Lipinski definition) is 3. The molecule has 3 heteroatoms. The lowest BCUT2D eigenvalue weighted by molar-refractivity contribution is -0.120.